The summed E-state index contributed by atoms with van der Waals surface area (Å²) in [6, 6.07) is 1.83. The van der Waals surface area contributed by atoms with E-state index in [4.69, 9.17) is 23.1 Å². The summed E-state index contributed by atoms with van der Waals surface area (Å²) in [6.45, 7) is 3.74. The van der Waals surface area contributed by atoms with Crippen LogP contribution >= 0.6 is 11.6 Å². The average molecular weight is 171 g/mol. The van der Waals surface area contributed by atoms with Crippen molar-refractivity contribution in [3.63, 3.8) is 0 Å². The Kier molecular flexibility index (Phi) is 1.96. The Morgan fingerprint density at radius 3 is 2.36 bits per heavy atom. The normalized spacial score (nSPS) is 10.1. The van der Waals surface area contributed by atoms with Crippen LogP contribution in [0.5, 0.6) is 0 Å². The second kappa shape index (κ2) is 2.62. The predicted molar refractivity (Wildman–Crippen MR) is 49.8 cm³/mol. The first-order valence-corrected chi connectivity index (χ1v) is 3.72. The van der Waals surface area contributed by atoms with Crippen LogP contribution in [0, 0.1) is 13.8 Å². The molecule has 1 rings (SSSR count). The van der Waals surface area contributed by atoms with Crippen molar-refractivity contribution < 1.29 is 0 Å². The van der Waals surface area contributed by atoms with Crippen molar-refractivity contribution in [3.05, 3.63) is 22.2 Å². The zero-order chi connectivity index (χ0) is 8.59. The Balaban J connectivity index is 3.46. The molecule has 3 heteroatoms. The Bertz CT molecular complexity index is 268. The van der Waals surface area contributed by atoms with Gasteiger partial charge in [-0.15, -0.1) is 0 Å². The number of halogens is 1. The summed E-state index contributed by atoms with van der Waals surface area (Å²) in [4.78, 5) is 0. The third-order valence-corrected chi connectivity index (χ3v) is 2.29. The SMILES string of the molecule is Cc1cc(N)c(C)c(N)c1Cl. The van der Waals surface area contributed by atoms with E-state index in [-0.39, 0.29) is 0 Å². The topological polar surface area (TPSA) is 52.0 Å². The Hall–Kier alpha value is -0.890. The molecule has 0 saturated carbocycles. The molecule has 1 aromatic rings. The van der Waals surface area contributed by atoms with Crippen molar-refractivity contribution in [2.24, 2.45) is 0 Å². The van der Waals surface area contributed by atoms with Gasteiger partial charge in [0.2, 0.25) is 0 Å². The minimum absolute atomic E-state index is 0.587. The number of hydrogen-bond donors (Lipinski definition) is 2. The van der Waals surface area contributed by atoms with Crippen molar-refractivity contribution in [3.8, 4) is 0 Å². The van der Waals surface area contributed by atoms with Gasteiger partial charge in [0.1, 0.15) is 0 Å². The van der Waals surface area contributed by atoms with E-state index in [1.807, 2.05) is 19.9 Å². The number of rotatable bonds is 0. The van der Waals surface area contributed by atoms with E-state index in [1.54, 1.807) is 0 Å². The minimum atomic E-state index is 0.587. The van der Waals surface area contributed by atoms with Gasteiger partial charge in [-0.05, 0) is 31.0 Å². The number of anilines is 2. The fraction of sp³-hybridized carbons (Fsp3) is 0.250. The fourth-order valence-electron chi connectivity index (χ4n) is 0.937. The second-order valence-corrected chi connectivity index (χ2v) is 3.01. The van der Waals surface area contributed by atoms with Gasteiger partial charge in [-0.1, -0.05) is 11.6 Å². The number of aryl methyl sites for hydroxylation is 1. The number of nitrogen functional groups attached to an aromatic ring is 2. The first-order chi connectivity index (χ1) is 5.04. The first-order valence-electron chi connectivity index (χ1n) is 3.34. The molecule has 2 nitrogen and oxygen atoms in total. The van der Waals surface area contributed by atoms with Gasteiger partial charge in [-0.3, -0.25) is 0 Å². The molecule has 0 bridgehead atoms. The van der Waals surface area contributed by atoms with Gasteiger partial charge in [0, 0.05) is 5.69 Å². The van der Waals surface area contributed by atoms with Crippen molar-refractivity contribution in [1.29, 1.82) is 0 Å². The van der Waals surface area contributed by atoms with Crippen LogP contribution in [0.15, 0.2) is 6.07 Å². The van der Waals surface area contributed by atoms with E-state index in [2.05, 4.69) is 0 Å². The molecule has 1 aromatic carbocycles. The highest BCUT2D eigenvalue weighted by Gasteiger charge is 2.05. The molecular weight excluding hydrogens is 160 g/mol. The summed E-state index contributed by atoms with van der Waals surface area (Å²) in [5.41, 5.74) is 14.4. The minimum Gasteiger partial charge on any atom is -0.398 e. The van der Waals surface area contributed by atoms with E-state index < -0.39 is 0 Å². The molecule has 0 amide bonds. The Morgan fingerprint density at radius 2 is 1.82 bits per heavy atom. The fourth-order valence-corrected chi connectivity index (χ4v) is 1.13. The molecule has 4 N–H and O–H groups in total. The molecule has 0 aromatic heterocycles. The third-order valence-electron chi connectivity index (χ3n) is 1.79. The van der Waals surface area contributed by atoms with Gasteiger partial charge < -0.3 is 11.5 Å². The summed E-state index contributed by atoms with van der Waals surface area (Å²) < 4.78 is 0. The largest absolute Gasteiger partial charge is 0.398 e. The molecule has 0 fully saturated rings. The highest BCUT2D eigenvalue weighted by atomic mass is 35.5. The van der Waals surface area contributed by atoms with Gasteiger partial charge in [-0.2, -0.15) is 0 Å². The standard InChI is InChI=1S/C8H11ClN2/c1-4-3-6(10)5(2)8(11)7(4)9/h3H,10-11H2,1-2H3. The average Bonchev–Trinajstić information content (AvgIpc) is 1.97. The van der Waals surface area contributed by atoms with Gasteiger partial charge in [0.15, 0.2) is 0 Å². The number of nitrogens with two attached hydrogens (primary N) is 2. The molecule has 0 saturated heterocycles. The summed E-state index contributed by atoms with van der Waals surface area (Å²) >= 11 is 5.87. The zero-order valence-corrected chi connectivity index (χ0v) is 7.37. The summed E-state index contributed by atoms with van der Waals surface area (Å²) in [5, 5.41) is 0.608. The number of benzene rings is 1. The molecule has 0 aliphatic rings. The van der Waals surface area contributed by atoms with Crippen LogP contribution in [-0.4, -0.2) is 0 Å². The van der Waals surface area contributed by atoms with Gasteiger partial charge in [0.25, 0.3) is 0 Å². The Labute approximate surface area is 71.1 Å². The zero-order valence-electron chi connectivity index (χ0n) is 6.61. The van der Waals surface area contributed by atoms with Gasteiger partial charge >= 0.3 is 0 Å². The van der Waals surface area contributed by atoms with Crippen LogP contribution in [0.1, 0.15) is 11.1 Å². The van der Waals surface area contributed by atoms with E-state index in [0.29, 0.717) is 16.4 Å². The molecule has 0 radical (unpaired) electrons. The lowest BCUT2D eigenvalue weighted by atomic mass is 10.1. The van der Waals surface area contributed by atoms with Crippen LogP contribution in [0.25, 0.3) is 0 Å². The van der Waals surface area contributed by atoms with E-state index in [9.17, 15) is 0 Å². The van der Waals surface area contributed by atoms with Crippen molar-refractivity contribution in [2.45, 2.75) is 13.8 Å². The predicted octanol–water partition coefficient (Wildman–Crippen LogP) is 2.12. The lowest BCUT2D eigenvalue weighted by Gasteiger charge is -2.08. The molecule has 0 heterocycles. The molecular formula is C8H11ClN2. The second-order valence-electron chi connectivity index (χ2n) is 2.64. The van der Waals surface area contributed by atoms with Crippen LogP contribution in [0.2, 0.25) is 5.02 Å². The molecule has 0 spiro atoms. The molecule has 11 heavy (non-hydrogen) atoms. The van der Waals surface area contributed by atoms with Crippen LogP contribution < -0.4 is 11.5 Å². The lowest BCUT2D eigenvalue weighted by Crippen LogP contribution is -1.98. The van der Waals surface area contributed by atoms with E-state index >= 15 is 0 Å². The monoisotopic (exact) mass is 170 g/mol. The third kappa shape index (κ3) is 1.26. The lowest BCUT2D eigenvalue weighted by molar-refractivity contribution is 1.40. The quantitative estimate of drug-likeness (QED) is 0.586. The highest BCUT2D eigenvalue weighted by Crippen LogP contribution is 2.30. The first kappa shape index (κ1) is 8.21. The van der Waals surface area contributed by atoms with Crippen molar-refractivity contribution >= 4 is 23.0 Å². The van der Waals surface area contributed by atoms with Gasteiger partial charge in [-0.25, -0.2) is 0 Å². The smallest absolute Gasteiger partial charge is 0.0668 e. The maximum Gasteiger partial charge on any atom is 0.0668 e. The van der Waals surface area contributed by atoms with E-state index in [1.165, 1.54) is 0 Å². The van der Waals surface area contributed by atoms with Crippen molar-refractivity contribution in [2.75, 3.05) is 11.5 Å². The summed E-state index contributed by atoms with van der Waals surface area (Å²) in [7, 11) is 0. The molecule has 0 unspecified atom stereocenters. The van der Waals surface area contributed by atoms with Crippen LogP contribution in [-0.2, 0) is 0 Å². The molecule has 0 aliphatic carbocycles. The van der Waals surface area contributed by atoms with Crippen LogP contribution in [0.4, 0.5) is 11.4 Å². The summed E-state index contributed by atoms with van der Waals surface area (Å²) in [6.07, 6.45) is 0. The van der Waals surface area contributed by atoms with E-state index in [0.717, 1.165) is 11.1 Å². The highest BCUT2D eigenvalue weighted by molar-refractivity contribution is 6.34. The van der Waals surface area contributed by atoms with Crippen molar-refractivity contribution in [1.82, 2.24) is 0 Å². The Morgan fingerprint density at radius 1 is 1.27 bits per heavy atom. The van der Waals surface area contributed by atoms with Gasteiger partial charge in [0.05, 0.1) is 10.7 Å². The van der Waals surface area contributed by atoms with Crippen LogP contribution in [0.3, 0.4) is 0 Å². The maximum atomic E-state index is 5.87. The molecule has 0 aliphatic heterocycles. The molecule has 60 valence electrons. The summed E-state index contributed by atoms with van der Waals surface area (Å²) in [5.74, 6) is 0. The molecule has 0 atom stereocenters. The number of hydrogen-bond acceptors (Lipinski definition) is 2. The maximum absolute atomic E-state index is 5.87.